The first-order valence-electron chi connectivity index (χ1n) is 8.47. The van der Waals surface area contributed by atoms with Crippen LogP contribution in [0.15, 0.2) is 53.1 Å². The number of aromatic nitrogens is 2. The Labute approximate surface area is 155 Å². The Morgan fingerprint density at radius 3 is 2.44 bits per heavy atom. The number of hydrogen-bond donors (Lipinski definition) is 0. The maximum Gasteiger partial charge on any atom is 0.338 e. The third-order valence-corrected chi connectivity index (χ3v) is 3.67. The van der Waals surface area contributed by atoms with Crippen molar-refractivity contribution in [3.8, 4) is 11.4 Å². The number of nitrogens with zero attached hydrogens (tertiary/aromatic N) is 2. The second-order valence-electron chi connectivity index (χ2n) is 6.15. The molecule has 140 valence electrons. The normalized spacial score (nSPS) is 11.0. The molecule has 0 aliphatic heterocycles. The van der Waals surface area contributed by atoms with Crippen molar-refractivity contribution in [1.29, 1.82) is 0 Å². The van der Waals surface area contributed by atoms with Gasteiger partial charge in [0.15, 0.2) is 6.61 Å². The molecule has 0 unspecified atom stereocenters. The van der Waals surface area contributed by atoms with Crippen LogP contribution in [0.2, 0.25) is 0 Å². The van der Waals surface area contributed by atoms with Crippen LogP contribution in [0.1, 0.15) is 35.7 Å². The van der Waals surface area contributed by atoms with Crippen LogP contribution in [-0.2, 0) is 22.7 Å². The number of hydrogen-bond acceptors (Lipinski definition) is 6. The van der Waals surface area contributed by atoms with Crippen LogP contribution in [0.3, 0.4) is 0 Å². The van der Waals surface area contributed by atoms with Crippen LogP contribution in [0.25, 0.3) is 11.4 Å². The molecule has 0 aliphatic carbocycles. The van der Waals surface area contributed by atoms with Gasteiger partial charge in [0.05, 0.1) is 18.3 Å². The lowest BCUT2D eigenvalue weighted by Gasteiger charge is -2.08. The molecule has 0 saturated heterocycles. The van der Waals surface area contributed by atoms with E-state index in [2.05, 4.69) is 10.1 Å². The molecular weight excluding hydrogens is 351 g/mol. The molecule has 1 heterocycles. The van der Waals surface area contributed by atoms with Gasteiger partial charge in [0.1, 0.15) is 5.82 Å². The molecule has 7 heteroatoms. The smallest absolute Gasteiger partial charge is 0.338 e. The minimum absolute atomic E-state index is 0.142. The first-order chi connectivity index (χ1) is 13.0. The van der Waals surface area contributed by atoms with E-state index in [4.69, 9.17) is 14.0 Å². The van der Waals surface area contributed by atoms with Crippen molar-refractivity contribution in [3.05, 3.63) is 71.4 Å². The van der Waals surface area contributed by atoms with Crippen molar-refractivity contribution in [3.63, 3.8) is 0 Å². The average molecular weight is 370 g/mol. The Kier molecular flexibility index (Phi) is 5.93. The third-order valence-electron chi connectivity index (χ3n) is 3.67. The maximum atomic E-state index is 13.0. The standard InChI is InChI=1S/C20H19FN2O4/c1-13(2)25-11-14-3-5-16(6-4-14)20(24)26-12-18-22-19(23-27-18)15-7-9-17(21)10-8-15/h3-10,13H,11-12H2,1-2H3. The average Bonchev–Trinajstić information content (AvgIpc) is 3.14. The predicted molar refractivity (Wildman–Crippen MR) is 95.2 cm³/mol. The zero-order valence-corrected chi connectivity index (χ0v) is 15.0. The SMILES string of the molecule is CC(C)OCc1ccc(C(=O)OCc2nc(-c3ccc(F)cc3)no2)cc1. The summed E-state index contributed by atoms with van der Waals surface area (Å²) in [6.45, 7) is 4.27. The number of rotatable bonds is 7. The van der Waals surface area contributed by atoms with Gasteiger partial charge in [-0.25, -0.2) is 9.18 Å². The molecule has 0 bridgehead atoms. The van der Waals surface area contributed by atoms with E-state index >= 15 is 0 Å². The highest BCUT2D eigenvalue weighted by Gasteiger charge is 2.13. The zero-order chi connectivity index (χ0) is 19.2. The molecule has 0 spiro atoms. The quantitative estimate of drug-likeness (QED) is 0.582. The zero-order valence-electron chi connectivity index (χ0n) is 15.0. The fourth-order valence-corrected chi connectivity index (χ4v) is 2.24. The molecule has 3 aromatic rings. The van der Waals surface area contributed by atoms with Crippen molar-refractivity contribution in [1.82, 2.24) is 10.1 Å². The summed E-state index contributed by atoms with van der Waals surface area (Å²) >= 11 is 0. The van der Waals surface area contributed by atoms with Crippen LogP contribution in [0.4, 0.5) is 4.39 Å². The molecule has 1 aromatic heterocycles. The van der Waals surface area contributed by atoms with Gasteiger partial charge in [0.2, 0.25) is 5.82 Å². The van der Waals surface area contributed by atoms with Crippen molar-refractivity contribution in [2.24, 2.45) is 0 Å². The van der Waals surface area contributed by atoms with E-state index in [1.807, 2.05) is 26.0 Å². The first kappa shape index (κ1) is 18.7. The fourth-order valence-electron chi connectivity index (χ4n) is 2.24. The van der Waals surface area contributed by atoms with Gasteiger partial charge in [-0.2, -0.15) is 4.98 Å². The number of carbonyl (C=O) groups excluding carboxylic acids is 1. The van der Waals surface area contributed by atoms with E-state index < -0.39 is 5.97 Å². The van der Waals surface area contributed by atoms with Crippen molar-refractivity contribution in [2.45, 2.75) is 33.2 Å². The molecule has 6 nitrogen and oxygen atoms in total. The lowest BCUT2D eigenvalue weighted by Crippen LogP contribution is -2.06. The Morgan fingerprint density at radius 1 is 1.07 bits per heavy atom. The Bertz CT molecular complexity index is 889. The molecular formula is C20H19FN2O4. The summed E-state index contributed by atoms with van der Waals surface area (Å²) in [5.41, 5.74) is 2.00. The van der Waals surface area contributed by atoms with Crippen molar-refractivity contribution < 1.29 is 23.2 Å². The second kappa shape index (κ2) is 8.55. The largest absolute Gasteiger partial charge is 0.452 e. The lowest BCUT2D eigenvalue weighted by atomic mass is 10.1. The molecule has 0 saturated carbocycles. The summed E-state index contributed by atoms with van der Waals surface area (Å²) in [4.78, 5) is 16.3. The van der Waals surface area contributed by atoms with Crippen molar-refractivity contribution >= 4 is 5.97 Å². The molecule has 0 aliphatic rings. The van der Waals surface area contributed by atoms with Gasteiger partial charge in [-0.3, -0.25) is 0 Å². The van der Waals surface area contributed by atoms with Crippen LogP contribution >= 0.6 is 0 Å². The summed E-state index contributed by atoms with van der Waals surface area (Å²) in [5, 5.41) is 3.80. The molecule has 3 rings (SSSR count). The summed E-state index contributed by atoms with van der Waals surface area (Å²) < 4.78 is 28.7. The number of halogens is 1. The number of esters is 1. The summed E-state index contributed by atoms with van der Waals surface area (Å²) in [7, 11) is 0. The van der Waals surface area contributed by atoms with Crippen LogP contribution in [0, 0.1) is 5.82 Å². The Morgan fingerprint density at radius 2 is 1.78 bits per heavy atom. The molecule has 0 amide bonds. The van der Waals surface area contributed by atoms with E-state index in [1.165, 1.54) is 12.1 Å². The molecule has 0 atom stereocenters. The first-order valence-corrected chi connectivity index (χ1v) is 8.47. The van der Waals surface area contributed by atoms with Gasteiger partial charge in [-0.15, -0.1) is 0 Å². The highest BCUT2D eigenvalue weighted by atomic mass is 19.1. The lowest BCUT2D eigenvalue weighted by molar-refractivity contribution is 0.0429. The van der Waals surface area contributed by atoms with Gasteiger partial charge in [0.25, 0.3) is 5.89 Å². The monoisotopic (exact) mass is 370 g/mol. The molecule has 27 heavy (non-hydrogen) atoms. The maximum absolute atomic E-state index is 13.0. The predicted octanol–water partition coefficient (Wildman–Crippen LogP) is 4.16. The van der Waals surface area contributed by atoms with E-state index in [9.17, 15) is 9.18 Å². The van der Waals surface area contributed by atoms with Gasteiger partial charge in [-0.1, -0.05) is 17.3 Å². The highest BCUT2D eigenvalue weighted by molar-refractivity contribution is 5.89. The Hall–Kier alpha value is -3.06. The topological polar surface area (TPSA) is 74.5 Å². The number of carbonyl (C=O) groups is 1. The Balaban J connectivity index is 1.55. The van der Waals surface area contributed by atoms with Crippen LogP contribution in [-0.4, -0.2) is 22.2 Å². The van der Waals surface area contributed by atoms with E-state index in [0.29, 0.717) is 23.6 Å². The number of benzene rings is 2. The summed E-state index contributed by atoms with van der Waals surface area (Å²) in [6.07, 6.45) is 0.142. The number of ether oxygens (including phenoxy) is 2. The van der Waals surface area contributed by atoms with Crippen molar-refractivity contribution in [2.75, 3.05) is 0 Å². The third kappa shape index (κ3) is 5.21. The minimum atomic E-state index is -0.493. The van der Waals surface area contributed by atoms with Gasteiger partial charge in [0, 0.05) is 5.56 Å². The second-order valence-corrected chi connectivity index (χ2v) is 6.15. The molecule has 0 radical (unpaired) electrons. The van der Waals surface area contributed by atoms with Gasteiger partial charge >= 0.3 is 5.97 Å². The van der Waals surface area contributed by atoms with Gasteiger partial charge < -0.3 is 14.0 Å². The van der Waals surface area contributed by atoms with Gasteiger partial charge in [-0.05, 0) is 55.8 Å². The highest BCUT2D eigenvalue weighted by Crippen LogP contribution is 2.17. The fraction of sp³-hybridized carbons (Fsp3) is 0.250. The molecule has 2 aromatic carbocycles. The summed E-state index contributed by atoms with van der Waals surface area (Å²) in [6, 6.07) is 12.7. The minimum Gasteiger partial charge on any atom is -0.452 e. The summed E-state index contributed by atoms with van der Waals surface area (Å²) in [5.74, 6) is -0.383. The van der Waals surface area contributed by atoms with E-state index in [0.717, 1.165) is 5.56 Å². The molecule has 0 fully saturated rings. The van der Waals surface area contributed by atoms with Crippen LogP contribution in [0.5, 0.6) is 0 Å². The van der Waals surface area contributed by atoms with E-state index in [1.54, 1.807) is 24.3 Å². The van der Waals surface area contributed by atoms with Crippen LogP contribution < -0.4 is 0 Å². The molecule has 0 N–H and O–H groups in total. The van der Waals surface area contributed by atoms with E-state index in [-0.39, 0.29) is 24.4 Å².